The average molecular weight is 328 g/mol. The Morgan fingerprint density at radius 3 is 2.65 bits per heavy atom. The van der Waals surface area contributed by atoms with Crippen LogP contribution in [-0.2, 0) is 5.75 Å². The summed E-state index contributed by atoms with van der Waals surface area (Å²) >= 11 is 8.76. The van der Waals surface area contributed by atoms with Crippen LogP contribution < -0.4 is 5.73 Å². The van der Waals surface area contributed by atoms with E-state index in [9.17, 15) is 9.59 Å². The number of amides is 1. The molecule has 0 fully saturated rings. The number of halogens is 1. The highest BCUT2D eigenvalue weighted by molar-refractivity contribution is 7.98. The molecule has 2 aromatic rings. The Morgan fingerprint density at radius 2 is 2.10 bits per heavy atom. The lowest BCUT2D eigenvalue weighted by atomic mass is 10.1. The first-order valence-electron chi connectivity index (χ1n) is 5.50. The van der Waals surface area contributed by atoms with E-state index in [1.54, 1.807) is 23.6 Å². The van der Waals surface area contributed by atoms with E-state index in [1.165, 1.54) is 29.2 Å². The van der Waals surface area contributed by atoms with E-state index in [1.807, 2.05) is 0 Å². The second-order valence-electron chi connectivity index (χ2n) is 3.91. The van der Waals surface area contributed by atoms with E-state index in [2.05, 4.69) is 0 Å². The Labute approximate surface area is 128 Å². The van der Waals surface area contributed by atoms with Crippen LogP contribution in [0, 0.1) is 0 Å². The summed E-state index contributed by atoms with van der Waals surface area (Å²) in [5.74, 6) is -0.853. The lowest BCUT2D eigenvalue weighted by Crippen LogP contribution is -2.10. The summed E-state index contributed by atoms with van der Waals surface area (Å²) in [7, 11) is 0. The number of nitrogens with two attached hydrogens (primary N) is 1. The molecule has 104 valence electrons. The number of carboxylic acids is 1. The number of thioether (sulfide) groups is 1. The first-order valence-corrected chi connectivity index (χ1v) is 7.74. The summed E-state index contributed by atoms with van der Waals surface area (Å²) in [5, 5.41) is 11.1. The van der Waals surface area contributed by atoms with E-state index >= 15 is 0 Å². The van der Waals surface area contributed by atoms with Gasteiger partial charge in [-0.25, -0.2) is 4.79 Å². The largest absolute Gasteiger partial charge is 0.477 e. The van der Waals surface area contributed by atoms with Crippen molar-refractivity contribution >= 4 is 46.6 Å². The van der Waals surface area contributed by atoms with Crippen molar-refractivity contribution in [2.24, 2.45) is 5.73 Å². The molecule has 0 radical (unpaired) electrons. The van der Waals surface area contributed by atoms with Gasteiger partial charge < -0.3 is 10.8 Å². The van der Waals surface area contributed by atoms with Gasteiger partial charge in [-0.2, -0.15) is 0 Å². The zero-order chi connectivity index (χ0) is 14.7. The molecular formula is C13H10ClNO3S2. The van der Waals surface area contributed by atoms with Crippen molar-refractivity contribution < 1.29 is 14.7 Å². The van der Waals surface area contributed by atoms with Gasteiger partial charge in [0, 0.05) is 26.6 Å². The predicted molar refractivity (Wildman–Crippen MR) is 80.8 cm³/mol. The predicted octanol–water partition coefficient (Wildman–Crippen LogP) is 3.49. The Balaban J connectivity index is 2.06. The lowest BCUT2D eigenvalue weighted by Gasteiger charge is -2.04. The van der Waals surface area contributed by atoms with Gasteiger partial charge in [0.1, 0.15) is 4.88 Å². The molecule has 1 aromatic heterocycles. The highest BCUT2D eigenvalue weighted by atomic mass is 35.5. The second-order valence-corrected chi connectivity index (χ2v) is 6.28. The van der Waals surface area contributed by atoms with Crippen LogP contribution in [0.15, 0.2) is 34.5 Å². The molecule has 0 saturated carbocycles. The molecule has 0 aliphatic rings. The fourth-order valence-electron chi connectivity index (χ4n) is 1.49. The maximum atomic E-state index is 11.0. The maximum Gasteiger partial charge on any atom is 0.345 e. The minimum atomic E-state index is -0.925. The number of carboxylic acid groups (broad SMARTS) is 1. The summed E-state index contributed by atoms with van der Waals surface area (Å²) in [6.45, 7) is 0. The molecule has 7 heteroatoms. The molecule has 4 nitrogen and oxygen atoms in total. The molecule has 1 aromatic carbocycles. The summed E-state index contributed by atoms with van der Waals surface area (Å²) in [4.78, 5) is 23.0. The number of carbonyl (C=O) groups is 2. The summed E-state index contributed by atoms with van der Waals surface area (Å²) in [6.07, 6.45) is 0. The number of aromatic carboxylic acids is 1. The van der Waals surface area contributed by atoms with Crippen LogP contribution in [0.4, 0.5) is 0 Å². The van der Waals surface area contributed by atoms with Crippen molar-refractivity contribution in [3.63, 3.8) is 0 Å². The van der Waals surface area contributed by atoms with E-state index in [-0.39, 0.29) is 0 Å². The highest BCUT2D eigenvalue weighted by Crippen LogP contribution is 2.30. The van der Waals surface area contributed by atoms with Crippen LogP contribution in [0.5, 0.6) is 0 Å². The van der Waals surface area contributed by atoms with Gasteiger partial charge in [0.05, 0.1) is 0 Å². The summed E-state index contributed by atoms with van der Waals surface area (Å²) in [6, 6.07) is 6.54. The third kappa shape index (κ3) is 3.53. The van der Waals surface area contributed by atoms with Gasteiger partial charge in [0.25, 0.3) is 0 Å². The van der Waals surface area contributed by atoms with E-state index in [0.29, 0.717) is 21.2 Å². The zero-order valence-electron chi connectivity index (χ0n) is 10.1. The normalized spacial score (nSPS) is 10.4. The first-order chi connectivity index (χ1) is 9.47. The van der Waals surface area contributed by atoms with E-state index < -0.39 is 11.9 Å². The van der Waals surface area contributed by atoms with Gasteiger partial charge >= 0.3 is 5.97 Å². The molecule has 0 saturated heterocycles. The molecule has 1 amide bonds. The van der Waals surface area contributed by atoms with Crippen molar-refractivity contribution in [2.45, 2.75) is 10.6 Å². The standard InChI is InChI=1S/C13H10ClNO3S2/c14-10-3-7(12(15)16)1-2-8(10)5-19-9-4-11(13(17)18)20-6-9/h1-4,6H,5H2,(H2,15,16)(H,17,18). The second kappa shape index (κ2) is 6.30. The van der Waals surface area contributed by atoms with Crippen LogP contribution in [-0.4, -0.2) is 17.0 Å². The molecule has 0 spiro atoms. The van der Waals surface area contributed by atoms with E-state index in [4.69, 9.17) is 22.4 Å². The van der Waals surface area contributed by atoms with Gasteiger partial charge in [0.15, 0.2) is 0 Å². The number of primary amides is 1. The van der Waals surface area contributed by atoms with Crippen LogP contribution in [0.25, 0.3) is 0 Å². The quantitative estimate of drug-likeness (QED) is 0.824. The molecule has 1 heterocycles. The Kier molecular flexibility index (Phi) is 4.69. The molecule has 0 aliphatic carbocycles. The Hall–Kier alpha value is -1.50. The smallest absolute Gasteiger partial charge is 0.345 e. The number of carbonyl (C=O) groups excluding carboxylic acids is 1. The van der Waals surface area contributed by atoms with Crippen molar-refractivity contribution in [3.8, 4) is 0 Å². The average Bonchev–Trinajstić information content (AvgIpc) is 2.86. The van der Waals surface area contributed by atoms with Crippen LogP contribution in [0.3, 0.4) is 0 Å². The Bertz CT molecular complexity index is 669. The number of thiophene rings is 1. The molecule has 3 N–H and O–H groups in total. The van der Waals surface area contributed by atoms with Crippen LogP contribution in [0.2, 0.25) is 5.02 Å². The first kappa shape index (κ1) is 14.9. The molecule has 0 atom stereocenters. The summed E-state index contributed by atoms with van der Waals surface area (Å²) < 4.78 is 0. The third-order valence-corrected chi connectivity index (χ3v) is 4.96. The minimum Gasteiger partial charge on any atom is -0.477 e. The van der Waals surface area contributed by atoms with E-state index in [0.717, 1.165) is 10.5 Å². The fourth-order valence-corrected chi connectivity index (χ4v) is 3.69. The van der Waals surface area contributed by atoms with Crippen molar-refractivity contribution in [1.82, 2.24) is 0 Å². The molecule has 0 unspecified atom stereocenters. The summed E-state index contributed by atoms with van der Waals surface area (Å²) in [5.41, 5.74) is 6.41. The SMILES string of the molecule is NC(=O)c1ccc(CSc2csc(C(=O)O)c2)c(Cl)c1. The molecular weight excluding hydrogens is 318 g/mol. The monoisotopic (exact) mass is 327 g/mol. The van der Waals surface area contributed by atoms with Crippen LogP contribution >= 0.6 is 34.7 Å². The number of hydrogen-bond acceptors (Lipinski definition) is 4. The zero-order valence-corrected chi connectivity index (χ0v) is 12.5. The molecule has 0 bridgehead atoms. The van der Waals surface area contributed by atoms with Crippen LogP contribution in [0.1, 0.15) is 25.6 Å². The molecule has 0 aliphatic heterocycles. The molecule has 2 rings (SSSR count). The van der Waals surface area contributed by atoms with Crippen molar-refractivity contribution in [2.75, 3.05) is 0 Å². The fraction of sp³-hybridized carbons (Fsp3) is 0.0769. The highest BCUT2D eigenvalue weighted by Gasteiger charge is 2.09. The minimum absolute atomic E-state index is 0.308. The van der Waals surface area contributed by atoms with Gasteiger partial charge in [-0.3, -0.25) is 4.79 Å². The number of hydrogen-bond donors (Lipinski definition) is 2. The Morgan fingerprint density at radius 1 is 1.35 bits per heavy atom. The van der Waals surface area contributed by atoms with Crippen molar-refractivity contribution in [1.29, 1.82) is 0 Å². The molecule has 20 heavy (non-hydrogen) atoms. The van der Waals surface area contributed by atoms with Gasteiger partial charge in [-0.05, 0) is 23.8 Å². The van der Waals surface area contributed by atoms with Crippen molar-refractivity contribution in [3.05, 3.63) is 50.7 Å². The van der Waals surface area contributed by atoms with Gasteiger partial charge in [-0.1, -0.05) is 17.7 Å². The third-order valence-electron chi connectivity index (χ3n) is 2.52. The topological polar surface area (TPSA) is 80.4 Å². The van der Waals surface area contributed by atoms with Gasteiger partial charge in [0.2, 0.25) is 5.91 Å². The number of benzene rings is 1. The van der Waals surface area contributed by atoms with Gasteiger partial charge in [-0.15, -0.1) is 23.1 Å². The maximum absolute atomic E-state index is 11.0. The lowest BCUT2D eigenvalue weighted by molar-refractivity contribution is 0.0701. The number of rotatable bonds is 5.